The van der Waals surface area contributed by atoms with Crippen LogP contribution < -0.4 is 9.46 Å². The Morgan fingerprint density at radius 2 is 2.00 bits per heavy atom. The van der Waals surface area contributed by atoms with Gasteiger partial charge in [0.15, 0.2) is 0 Å². The Kier molecular flexibility index (Phi) is 4.91. The summed E-state index contributed by atoms with van der Waals surface area (Å²) < 4.78 is 35.5. The molecule has 0 atom stereocenters. The van der Waals surface area contributed by atoms with Crippen LogP contribution in [0.25, 0.3) is 11.3 Å². The maximum Gasteiger partial charge on any atom is 0.148 e. The number of halogens is 2. The fourth-order valence-electron chi connectivity index (χ4n) is 2.26. The van der Waals surface area contributed by atoms with Crippen molar-refractivity contribution in [3.05, 3.63) is 65.9 Å². The molecule has 0 amide bonds. The number of H-pyrrole nitrogens is 1. The summed E-state index contributed by atoms with van der Waals surface area (Å²) in [5, 5.41) is 8.75. The molecule has 3 rings (SSSR count). The van der Waals surface area contributed by atoms with Gasteiger partial charge >= 0.3 is 0 Å². The number of hydrogen-bond acceptors (Lipinski definition) is 4. The second-order valence-electron chi connectivity index (χ2n) is 5.10. The number of anilines is 1. The minimum absolute atomic E-state index is 0.259. The van der Waals surface area contributed by atoms with E-state index in [1.54, 1.807) is 18.3 Å². The van der Waals surface area contributed by atoms with Crippen molar-refractivity contribution in [2.24, 2.45) is 0 Å². The largest absolute Gasteiger partial charge is 0.496 e. The van der Waals surface area contributed by atoms with E-state index in [0.717, 1.165) is 4.90 Å². The maximum absolute atomic E-state index is 13.9. The van der Waals surface area contributed by atoms with Gasteiger partial charge in [-0.2, -0.15) is 5.26 Å². The quantitative estimate of drug-likeness (QED) is 0.634. The number of hydrogen-bond donors (Lipinski definition) is 2. The highest BCUT2D eigenvalue weighted by Crippen LogP contribution is 2.33. The minimum atomic E-state index is -0.505. The van der Waals surface area contributed by atoms with Gasteiger partial charge in [0.05, 0.1) is 30.1 Å². The van der Waals surface area contributed by atoms with Crippen LogP contribution in [0.4, 0.5) is 14.5 Å². The summed E-state index contributed by atoms with van der Waals surface area (Å²) in [6.45, 7) is 0. The van der Waals surface area contributed by atoms with Crippen molar-refractivity contribution in [1.29, 1.82) is 5.26 Å². The molecule has 4 nitrogen and oxygen atoms in total. The second kappa shape index (κ2) is 7.28. The number of ether oxygens (including phenoxy) is 1. The van der Waals surface area contributed by atoms with E-state index in [9.17, 15) is 8.78 Å². The molecule has 7 heteroatoms. The van der Waals surface area contributed by atoms with Crippen LogP contribution in [0.2, 0.25) is 0 Å². The molecule has 2 aromatic carbocycles. The van der Waals surface area contributed by atoms with Crippen molar-refractivity contribution in [1.82, 2.24) is 4.98 Å². The highest BCUT2D eigenvalue weighted by Gasteiger charge is 2.11. The third-order valence-corrected chi connectivity index (χ3v) is 4.28. The van der Waals surface area contributed by atoms with Crippen molar-refractivity contribution in [2.75, 3.05) is 11.8 Å². The Balaban J connectivity index is 1.77. The van der Waals surface area contributed by atoms with Gasteiger partial charge < -0.3 is 14.4 Å². The predicted octanol–water partition coefficient (Wildman–Crippen LogP) is 4.96. The molecule has 25 heavy (non-hydrogen) atoms. The van der Waals surface area contributed by atoms with Gasteiger partial charge in [-0.25, -0.2) is 8.78 Å². The molecule has 3 aromatic rings. The molecule has 0 saturated carbocycles. The van der Waals surface area contributed by atoms with Gasteiger partial charge in [-0.3, -0.25) is 0 Å². The summed E-state index contributed by atoms with van der Waals surface area (Å²) in [4.78, 5) is 3.83. The van der Waals surface area contributed by atoms with Crippen molar-refractivity contribution in [2.45, 2.75) is 4.90 Å². The molecular weight excluding hydrogens is 344 g/mol. The van der Waals surface area contributed by atoms with Gasteiger partial charge in [0.2, 0.25) is 0 Å². The van der Waals surface area contributed by atoms with Crippen LogP contribution in [0.5, 0.6) is 5.75 Å². The molecule has 0 spiro atoms. The first-order chi connectivity index (χ1) is 12.1. The molecule has 0 unspecified atom stereocenters. The molecule has 0 radical (unpaired) electrons. The van der Waals surface area contributed by atoms with E-state index in [4.69, 9.17) is 10.00 Å². The molecule has 0 fully saturated rings. The van der Waals surface area contributed by atoms with Crippen molar-refractivity contribution in [3.63, 3.8) is 0 Å². The Hall–Kier alpha value is -2.98. The standard InChI is InChI=1S/C18H13F2N3OS/c1-24-18-5-3-12(19)7-14(18)17-8-13(10-22-17)25-23-16-4-2-11(9-21)6-15(16)20/h2-8,10,22-23H,1H3. The first-order valence-corrected chi connectivity index (χ1v) is 8.07. The van der Waals surface area contributed by atoms with E-state index in [-0.39, 0.29) is 17.1 Å². The zero-order valence-electron chi connectivity index (χ0n) is 13.1. The molecule has 0 aliphatic carbocycles. The lowest BCUT2D eigenvalue weighted by molar-refractivity contribution is 0.415. The van der Waals surface area contributed by atoms with E-state index >= 15 is 0 Å². The predicted molar refractivity (Wildman–Crippen MR) is 93.3 cm³/mol. The molecule has 0 bridgehead atoms. The smallest absolute Gasteiger partial charge is 0.148 e. The van der Waals surface area contributed by atoms with E-state index < -0.39 is 5.82 Å². The number of aromatic nitrogens is 1. The second-order valence-corrected chi connectivity index (χ2v) is 5.98. The van der Waals surface area contributed by atoms with E-state index in [1.165, 1.54) is 49.4 Å². The summed E-state index contributed by atoms with van der Waals surface area (Å²) >= 11 is 1.20. The first-order valence-electron chi connectivity index (χ1n) is 7.25. The summed E-state index contributed by atoms with van der Waals surface area (Å²) in [7, 11) is 1.52. The van der Waals surface area contributed by atoms with Crippen LogP contribution in [-0.2, 0) is 0 Å². The Bertz CT molecular complexity index is 950. The van der Waals surface area contributed by atoms with Crippen molar-refractivity contribution < 1.29 is 13.5 Å². The molecule has 126 valence electrons. The topological polar surface area (TPSA) is 60.8 Å². The number of nitrogens with zero attached hydrogens (tertiary/aromatic N) is 1. The van der Waals surface area contributed by atoms with Crippen molar-refractivity contribution >= 4 is 17.6 Å². The Labute approximate surface area is 147 Å². The lowest BCUT2D eigenvalue weighted by Crippen LogP contribution is -1.91. The fourth-order valence-corrected chi connectivity index (χ4v) is 2.95. The first kappa shape index (κ1) is 16.9. The van der Waals surface area contributed by atoms with Crippen LogP contribution >= 0.6 is 11.9 Å². The summed E-state index contributed by atoms with van der Waals surface area (Å²) in [5.74, 6) is -0.322. The zero-order valence-corrected chi connectivity index (χ0v) is 14.0. The molecule has 0 aliphatic heterocycles. The van der Waals surface area contributed by atoms with Crippen LogP contribution in [0.1, 0.15) is 5.56 Å². The minimum Gasteiger partial charge on any atom is -0.496 e. The van der Waals surface area contributed by atoms with Gasteiger partial charge in [0.1, 0.15) is 17.4 Å². The summed E-state index contributed by atoms with van der Waals surface area (Å²) in [6, 6.07) is 12.2. The van der Waals surface area contributed by atoms with Crippen molar-refractivity contribution in [3.8, 4) is 23.1 Å². The number of methoxy groups -OCH3 is 1. The van der Waals surface area contributed by atoms with Gasteiger partial charge in [-0.15, -0.1) is 0 Å². The molecular formula is C18H13F2N3OS. The molecule has 0 saturated heterocycles. The third kappa shape index (κ3) is 3.75. The molecule has 1 aromatic heterocycles. The van der Waals surface area contributed by atoms with Gasteiger partial charge in [-0.05, 0) is 54.4 Å². The van der Waals surface area contributed by atoms with Crippen LogP contribution in [0, 0.1) is 23.0 Å². The molecule has 2 N–H and O–H groups in total. The fraction of sp³-hybridized carbons (Fsp3) is 0.0556. The highest BCUT2D eigenvalue weighted by atomic mass is 32.2. The molecule has 1 heterocycles. The van der Waals surface area contributed by atoms with Gasteiger partial charge in [0.25, 0.3) is 0 Å². The summed E-state index contributed by atoms with van der Waals surface area (Å²) in [6.07, 6.45) is 1.72. The normalized spacial score (nSPS) is 10.3. The van der Waals surface area contributed by atoms with E-state index in [1.807, 2.05) is 6.07 Å². The molecule has 0 aliphatic rings. The Morgan fingerprint density at radius 1 is 1.16 bits per heavy atom. The van der Waals surface area contributed by atoms with Crippen LogP contribution in [0.15, 0.2) is 53.6 Å². The Morgan fingerprint density at radius 3 is 2.72 bits per heavy atom. The monoisotopic (exact) mass is 357 g/mol. The number of aromatic amines is 1. The SMILES string of the molecule is COc1ccc(F)cc1-c1cc(SNc2ccc(C#N)cc2F)c[nH]1. The maximum atomic E-state index is 13.9. The number of nitrogens with one attached hydrogen (secondary N) is 2. The summed E-state index contributed by atoms with van der Waals surface area (Å²) in [5.41, 5.74) is 1.81. The number of benzene rings is 2. The zero-order chi connectivity index (χ0) is 17.8. The highest BCUT2D eigenvalue weighted by molar-refractivity contribution is 8.00. The lowest BCUT2D eigenvalue weighted by Gasteiger charge is -2.07. The third-order valence-electron chi connectivity index (χ3n) is 3.49. The average Bonchev–Trinajstić information content (AvgIpc) is 3.09. The van der Waals surface area contributed by atoms with Gasteiger partial charge in [0, 0.05) is 16.7 Å². The number of nitriles is 1. The number of rotatable bonds is 5. The average molecular weight is 357 g/mol. The van der Waals surface area contributed by atoms with E-state index in [0.29, 0.717) is 17.0 Å². The van der Waals surface area contributed by atoms with Crippen LogP contribution in [0.3, 0.4) is 0 Å². The van der Waals surface area contributed by atoms with Gasteiger partial charge in [-0.1, -0.05) is 0 Å². The van der Waals surface area contributed by atoms with E-state index in [2.05, 4.69) is 9.71 Å². The lowest BCUT2D eigenvalue weighted by atomic mass is 10.1. The van der Waals surface area contributed by atoms with Crippen LogP contribution in [-0.4, -0.2) is 12.1 Å².